The minimum atomic E-state index is 0.231. The van der Waals surface area contributed by atoms with Crippen molar-refractivity contribution in [2.75, 3.05) is 7.05 Å². The van der Waals surface area contributed by atoms with Crippen molar-refractivity contribution in [3.63, 3.8) is 0 Å². The summed E-state index contributed by atoms with van der Waals surface area (Å²) < 4.78 is 0. The largest absolute Gasteiger partial charge is 0.284 e. The highest BCUT2D eigenvalue weighted by Gasteiger charge is 2.44. The van der Waals surface area contributed by atoms with E-state index in [4.69, 9.17) is 0 Å². The summed E-state index contributed by atoms with van der Waals surface area (Å²) in [6.45, 7) is 6.77. The molecule has 0 N–H and O–H groups in total. The van der Waals surface area contributed by atoms with Crippen LogP contribution in [0.3, 0.4) is 0 Å². The van der Waals surface area contributed by atoms with E-state index in [0.29, 0.717) is 6.04 Å². The fourth-order valence-electron chi connectivity index (χ4n) is 2.26. The van der Waals surface area contributed by atoms with Crippen LogP contribution in [0.1, 0.15) is 20.8 Å². The molecule has 0 aromatic heterocycles. The van der Waals surface area contributed by atoms with Gasteiger partial charge in [-0.05, 0) is 33.4 Å². The van der Waals surface area contributed by atoms with Crippen LogP contribution in [0.4, 0.5) is 0 Å². The van der Waals surface area contributed by atoms with Crippen molar-refractivity contribution in [1.82, 2.24) is 4.90 Å². The Morgan fingerprint density at radius 1 is 1.45 bits per heavy atom. The Balaban J connectivity index is 2.53. The fourth-order valence-corrected chi connectivity index (χ4v) is 2.26. The molecule has 0 saturated heterocycles. The number of rotatable bonds is 0. The molecule has 2 bridgehead atoms. The molecular weight excluding hydrogens is 134 g/mol. The van der Waals surface area contributed by atoms with Gasteiger partial charge in [0.2, 0.25) is 0 Å². The van der Waals surface area contributed by atoms with Crippen LogP contribution in [-0.2, 0) is 0 Å². The van der Waals surface area contributed by atoms with E-state index in [-0.39, 0.29) is 5.54 Å². The Bertz CT molecular complexity index is 262. The number of hydrogen-bond acceptors (Lipinski definition) is 1. The first-order valence-electron chi connectivity index (χ1n) is 4.17. The maximum Gasteiger partial charge on any atom is 0.0582 e. The lowest BCUT2D eigenvalue weighted by molar-refractivity contribution is 0.253. The van der Waals surface area contributed by atoms with Gasteiger partial charge in [-0.3, -0.25) is 4.90 Å². The predicted octanol–water partition coefficient (Wildman–Crippen LogP) is 1.97. The second kappa shape index (κ2) is 1.78. The number of likely N-dealkylation sites (N-methyl/N-ethyl adjacent to an activating group) is 1. The Labute approximate surface area is 68.4 Å². The van der Waals surface area contributed by atoms with Crippen LogP contribution >= 0.6 is 0 Å². The Kier molecular flexibility index (Phi) is 1.15. The summed E-state index contributed by atoms with van der Waals surface area (Å²) in [6, 6.07) is 0.583. The van der Waals surface area contributed by atoms with Crippen molar-refractivity contribution in [1.29, 1.82) is 0 Å². The van der Waals surface area contributed by atoms with Crippen molar-refractivity contribution in [2.24, 2.45) is 0 Å². The predicted molar refractivity (Wildman–Crippen MR) is 47.5 cm³/mol. The van der Waals surface area contributed by atoms with Gasteiger partial charge < -0.3 is 0 Å². The molecule has 0 aliphatic carbocycles. The second-order valence-corrected chi connectivity index (χ2v) is 3.87. The summed E-state index contributed by atoms with van der Waals surface area (Å²) in [5.41, 5.74) is 3.30. The van der Waals surface area contributed by atoms with E-state index in [2.05, 4.69) is 44.9 Å². The minimum Gasteiger partial charge on any atom is -0.284 e. The maximum absolute atomic E-state index is 2.43. The van der Waals surface area contributed by atoms with Crippen LogP contribution in [0.25, 0.3) is 0 Å². The van der Waals surface area contributed by atoms with Crippen LogP contribution in [0.5, 0.6) is 0 Å². The summed E-state index contributed by atoms with van der Waals surface area (Å²) in [6.07, 6.45) is 4.63. The lowest BCUT2D eigenvalue weighted by Crippen LogP contribution is -2.37. The van der Waals surface area contributed by atoms with Gasteiger partial charge in [0, 0.05) is 0 Å². The van der Waals surface area contributed by atoms with E-state index in [1.807, 2.05) is 0 Å². The summed E-state index contributed by atoms with van der Waals surface area (Å²) in [5, 5.41) is 0. The van der Waals surface area contributed by atoms with Crippen molar-refractivity contribution >= 4 is 0 Å². The fraction of sp³-hybridized carbons (Fsp3) is 0.600. The van der Waals surface area contributed by atoms with E-state index in [0.717, 1.165) is 0 Å². The van der Waals surface area contributed by atoms with Gasteiger partial charge in [0.25, 0.3) is 0 Å². The van der Waals surface area contributed by atoms with Gasteiger partial charge >= 0.3 is 0 Å². The molecule has 0 spiro atoms. The van der Waals surface area contributed by atoms with E-state index in [1.54, 1.807) is 0 Å². The molecule has 60 valence electrons. The van der Waals surface area contributed by atoms with Crippen molar-refractivity contribution in [3.05, 3.63) is 23.3 Å². The van der Waals surface area contributed by atoms with Crippen molar-refractivity contribution < 1.29 is 0 Å². The average molecular weight is 149 g/mol. The second-order valence-electron chi connectivity index (χ2n) is 3.87. The normalized spacial score (nSPS) is 42.7. The summed E-state index contributed by atoms with van der Waals surface area (Å²) in [4.78, 5) is 2.43. The molecule has 0 saturated carbocycles. The van der Waals surface area contributed by atoms with Gasteiger partial charge in [0.05, 0.1) is 11.6 Å². The molecule has 2 unspecified atom stereocenters. The number of nitrogens with zero attached hydrogens (tertiary/aromatic N) is 1. The molecule has 11 heavy (non-hydrogen) atoms. The molecule has 2 aliphatic rings. The monoisotopic (exact) mass is 149 g/mol. The van der Waals surface area contributed by atoms with E-state index in [1.165, 1.54) is 11.1 Å². The zero-order valence-electron chi connectivity index (χ0n) is 7.68. The summed E-state index contributed by atoms with van der Waals surface area (Å²) in [7, 11) is 2.20. The van der Waals surface area contributed by atoms with E-state index < -0.39 is 0 Å². The van der Waals surface area contributed by atoms with E-state index in [9.17, 15) is 0 Å². The molecule has 0 aromatic rings. The topological polar surface area (TPSA) is 3.24 Å². The van der Waals surface area contributed by atoms with Gasteiger partial charge in [0.1, 0.15) is 0 Å². The Morgan fingerprint density at radius 2 is 2.09 bits per heavy atom. The third-order valence-corrected chi connectivity index (χ3v) is 3.55. The molecule has 0 radical (unpaired) electrons. The number of fused-ring (bicyclic) bond motifs is 2. The highest BCUT2D eigenvalue weighted by molar-refractivity contribution is 5.46. The van der Waals surface area contributed by atoms with Crippen LogP contribution in [0.15, 0.2) is 23.3 Å². The van der Waals surface area contributed by atoms with Gasteiger partial charge in [-0.1, -0.05) is 17.7 Å². The highest BCUT2D eigenvalue weighted by Crippen LogP contribution is 2.43. The lowest BCUT2D eigenvalue weighted by atomic mass is 9.90. The molecule has 0 fully saturated rings. The first-order valence-corrected chi connectivity index (χ1v) is 4.17. The molecular formula is C10H15N. The molecule has 1 heteroatoms. The zero-order valence-corrected chi connectivity index (χ0v) is 7.68. The summed E-state index contributed by atoms with van der Waals surface area (Å²) in [5.74, 6) is 0. The Hall–Kier alpha value is -0.560. The third kappa shape index (κ3) is 0.603. The molecule has 2 atom stereocenters. The molecule has 2 aliphatic heterocycles. The molecule has 2 heterocycles. The minimum absolute atomic E-state index is 0.231. The van der Waals surface area contributed by atoms with E-state index >= 15 is 0 Å². The standard InChI is InChI=1S/C10H15N/c1-7-8(2)10(3)6-5-9(7)11(10)4/h5-6,9H,1-4H3. The van der Waals surface area contributed by atoms with Gasteiger partial charge in [-0.15, -0.1) is 0 Å². The van der Waals surface area contributed by atoms with Crippen molar-refractivity contribution in [2.45, 2.75) is 32.4 Å². The van der Waals surface area contributed by atoms with Gasteiger partial charge in [-0.25, -0.2) is 0 Å². The van der Waals surface area contributed by atoms with Crippen LogP contribution in [-0.4, -0.2) is 23.5 Å². The highest BCUT2D eigenvalue weighted by atomic mass is 15.2. The van der Waals surface area contributed by atoms with Crippen LogP contribution < -0.4 is 0 Å². The molecule has 1 nitrogen and oxygen atoms in total. The molecule has 0 amide bonds. The zero-order chi connectivity index (χ0) is 8.22. The summed E-state index contributed by atoms with van der Waals surface area (Å²) >= 11 is 0. The average Bonchev–Trinajstić information content (AvgIpc) is 2.33. The van der Waals surface area contributed by atoms with Gasteiger partial charge in [-0.2, -0.15) is 0 Å². The first-order chi connectivity index (χ1) is 5.07. The van der Waals surface area contributed by atoms with Crippen LogP contribution in [0, 0.1) is 0 Å². The van der Waals surface area contributed by atoms with Crippen LogP contribution in [0.2, 0.25) is 0 Å². The quantitative estimate of drug-likeness (QED) is 0.476. The molecule has 2 rings (SSSR count). The smallest absolute Gasteiger partial charge is 0.0582 e. The third-order valence-electron chi connectivity index (χ3n) is 3.55. The lowest BCUT2D eigenvalue weighted by Gasteiger charge is -2.28. The Morgan fingerprint density at radius 3 is 2.36 bits per heavy atom. The first kappa shape index (κ1) is 7.11. The molecule has 0 aromatic carbocycles. The van der Waals surface area contributed by atoms with Gasteiger partial charge in [0.15, 0.2) is 0 Å². The SMILES string of the molecule is CC1=C(C)C2(C)C=CC1N2C. The van der Waals surface area contributed by atoms with Crippen molar-refractivity contribution in [3.8, 4) is 0 Å². The maximum atomic E-state index is 2.43. The number of hydrogen-bond donors (Lipinski definition) is 0.